The molecule has 336 valence electrons. The van der Waals surface area contributed by atoms with Gasteiger partial charge in [-0.2, -0.15) is 0 Å². The molecule has 0 bridgehead atoms. The molecule has 9 atom stereocenters. The molecule has 0 aliphatic rings. The number of carbonyl (C=O) groups excluding carboxylic acids is 8. The Kier molecular flexibility index (Phi) is 25.6. The minimum Gasteiger partial charge on any atom is -0.481 e. The number of primary amides is 2. The minimum atomic E-state index is -1.39. The number of carbonyl (C=O) groups is 10. The van der Waals surface area contributed by atoms with E-state index in [0.29, 0.717) is 25.7 Å². The molecule has 0 aliphatic heterocycles. The molecule has 0 spiro atoms. The number of ketones is 3. The summed E-state index contributed by atoms with van der Waals surface area (Å²) < 4.78 is 0. The minimum absolute atomic E-state index is 0.0904. The van der Waals surface area contributed by atoms with Crippen molar-refractivity contribution < 1.29 is 58.2 Å². The van der Waals surface area contributed by atoms with Crippen LogP contribution in [-0.4, -0.2) is 99.7 Å². The quantitative estimate of drug-likeness (QED) is 0.0406. The number of amides is 5. The van der Waals surface area contributed by atoms with E-state index in [0.717, 1.165) is 0 Å². The van der Waals surface area contributed by atoms with Crippen LogP contribution >= 0.6 is 0 Å². The zero-order valence-electron chi connectivity index (χ0n) is 35.5. The number of unbranched alkanes of at least 4 members (excludes halogenated alkanes) is 1. The van der Waals surface area contributed by atoms with Crippen LogP contribution in [0.5, 0.6) is 0 Å². The van der Waals surface area contributed by atoms with E-state index < -0.39 is 145 Å². The molecule has 0 saturated heterocycles. The summed E-state index contributed by atoms with van der Waals surface area (Å²) in [4.78, 5) is 129. The highest BCUT2D eigenvalue weighted by Gasteiger charge is 2.36. The number of nitrogens with two attached hydrogens (primary N) is 4. The molecule has 0 aromatic carbocycles. The summed E-state index contributed by atoms with van der Waals surface area (Å²) in [7, 11) is 0. The van der Waals surface area contributed by atoms with Crippen molar-refractivity contribution in [3.63, 3.8) is 0 Å². The predicted octanol–water partition coefficient (Wildman–Crippen LogP) is 0.462. The van der Waals surface area contributed by atoms with Crippen LogP contribution in [-0.2, 0) is 47.9 Å². The fourth-order valence-corrected chi connectivity index (χ4v) is 6.38. The average molecular weight is 840 g/mol. The first-order valence-electron chi connectivity index (χ1n) is 20.5. The van der Waals surface area contributed by atoms with E-state index in [1.165, 1.54) is 0 Å². The molecule has 0 aliphatic carbocycles. The monoisotopic (exact) mass is 840 g/mol. The normalized spacial score (nSPS) is 15.9. The second-order valence-corrected chi connectivity index (χ2v) is 15.9. The molecule has 13 N–H and O–H groups in total. The van der Waals surface area contributed by atoms with Gasteiger partial charge in [-0.1, -0.05) is 60.8 Å². The Morgan fingerprint density at radius 2 is 1.03 bits per heavy atom. The Labute approximate surface area is 346 Å². The van der Waals surface area contributed by atoms with Gasteiger partial charge in [0.1, 0.15) is 0 Å². The van der Waals surface area contributed by atoms with Crippen LogP contribution in [0.25, 0.3) is 0 Å². The molecule has 0 aromatic rings. The Morgan fingerprint density at radius 1 is 0.559 bits per heavy atom. The highest BCUT2D eigenvalue weighted by molar-refractivity contribution is 5.98. The topological polar surface area (TPSA) is 351 Å². The lowest BCUT2D eigenvalue weighted by atomic mass is 9.84. The Balaban J connectivity index is 6.59. The van der Waals surface area contributed by atoms with Gasteiger partial charge in [-0.15, -0.1) is 0 Å². The zero-order chi connectivity index (χ0) is 45.6. The van der Waals surface area contributed by atoms with Gasteiger partial charge in [0, 0.05) is 43.9 Å². The molecule has 0 rings (SSSR count). The van der Waals surface area contributed by atoms with E-state index >= 15 is 0 Å². The van der Waals surface area contributed by atoms with E-state index in [-0.39, 0.29) is 38.1 Å². The van der Waals surface area contributed by atoms with Gasteiger partial charge in [0.2, 0.25) is 29.5 Å². The maximum absolute atomic E-state index is 14.0. The van der Waals surface area contributed by atoms with Crippen molar-refractivity contribution in [1.82, 2.24) is 16.0 Å². The van der Waals surface area contributed by atoms with E-state index in [4.69, 9.17) is 22.9 Å². The smallest absolute Gasteiger partial charge is 0.307 e. The van der Waals surface area contributed by atoms with Gasteiger partial charge in [0.25, 0.3) is 0 Å². The van der Waals surface area contributed by atoms with Gasteiger partial charge in [-0.3, -0.25) is 47.9 Å². The second kappa shape index (κ2) is 27.8. The third-order valence-electron chi connectivity index (χ3n) is 10.9. The third kappa shape index (κ3) is 20.7. The van der Waals surface area contributed by atoms with E-state index in [1.807, 2.05) is 0 Å². The van der Waals surface area contributed by atoms with Crippen LogP contribution in [0.15, 0.2) is 0 Å². The summed E-state index contributed by atoms with van der Waals surface area (Å²) in [5.74, 6) is -12.9. The van der Waals surface area contributed by atoms with Gasteiger partial charge in [0.15, 0.2) is 17.3 Å². The maximum atomic E-state index is 14.0. The number of Topliss-reactive ketones (excluding diaryl/α,β-unsaturated/α-hetero) is 3. The molecule has 19 nitrogen and oxygen atoms in total. The van der Waals surface area contributed by atoms with Crippen molar-refractivity contribution in [3.8, 4) is 0 Å². The summed E-state index contributed by atoms with van der Waals surface area (Å²) >= 11 is 0. The molecule has 19 heteroatoms. The van der Waals surface area contributed by atoms with Crippen molar-refractivity contribution in [2.45, 2.75) is 149 Å². The lowest BCUT2D eigenvalue weighted by Gasteiger charge is -2.28. The number of rotatable bonds is 33. The largest absolute Gasteiger partial charge is 0.481 e. The molecule has 0 fully saturated rings. The van der Waals surface area contributed by atoms with Crippen LogP contribution in [0.1, 0.15) is 125 Å². The molecule has 0 aromatic heterocycles. The van der Waals surface area contributed by atoms with Crippen LogP contribution in [0, 0.1) is 35.5 Å². The lowest BCUT2D eigenvalue weighted by molar-refractivity contribution is -0.146. The summed E-state index contributed by atoms with van der Waals surface area (Å²) in [6, 6.07) is -5.14. The molecule has 5 amide bonds. The molecule has 0 saturated carbocycles. The summed E-state index contributed by atoms with van der Waals surface area (Å²) in [5, 5.41) is 26.7. The fraction of sp³-hybridized carbons (Fsp3) is 0.750. The van der Waals surface area contributed by atoms with Gasteiger partial charge < -0.3 is 49.1 Å². The number of carboxylic acid groups (broad SMARTS) is 2. The number of hydrogen-bond acceptors (Lipinski definition) is 12. The lowest BCUT2D eigenvalue weighted by Crippen LogP contribution is -2.52. The Hall–Kier alpha value is -4.78. The van der Waals surface area contributed by atoms with Crippen LogP contribution in [0.3, 0.4) is 0 Å². The molecule has 0 heterocycles. The molecule has 0 unspecified atom stereocenters. The first-order chi connectivity index (χ1) is 27.5. The van der Waals surface area contributed by atoms with Crippen LogP contribution in [0.2, 0.25) is 0 Å². The van der Waals surface area contributed by atoms with Crippen LogP contribution in [0.4, 0.5) is 0 Å². The Bertz CT molecular complexity index is 1470. The Morgan fingerprint density at radius 3 is 1.51 bits per heavy atom. The fourth-order valence-electron chi connectivity index (χ4n) is 6.38. The van der Waals surface area contributed by atoms with Crippen molar-refractivity contribution in [1.29, 1.82) is 0 Å². The number of aliphatic carboxylic acids is 2. The van der Waals surface area contributed by atoms with E-state index in [2.05, 4.69) is 16.0 Å². The summed E-state index contributed by atoms with van der Waals surface area (Å²) in [5.41, 5.74) is 22.3. The molecule has 59 heavy (non-hydrogen) atoms. The predicted molar refractivity (Wildman–Crippen MR) is 217 cm³/mol. The SMILES string of the molecule is CC[C@H](C)[C@H](CC(=O)[C@H](CCC(=O)O)NC(=O)[C@H](CCCCN)CC(=O)[C@H](CCC(N)=O)NC(=O)[C@@H](CC(=O)[C@H](CC(N)=O)NC(=O)[C@@H](N)C(C)C)[C@@H](C)CC)C(=O)O. The van der Waals surface area contributed by atoms with Crippen molar-refractivity contribution in [2.75, 3.05) is 6.54 Å². The number of nitrogens with one attached hydrogen (secondary N) is 3. The standard InChI is InChI=1S/C40H69N7O12/c1-7-22(5)25(18-32(50)29(20-34(43)52)47-39(57)36(44)21(3)4)38(56)46-27(12-14-33(42)51)30(48)17-24(11-9-10-16-41)37(55)45-28(13-15-35(53)54)31(49)19-26(40(58)59)23(6)8-2/h21-29,36H,7-20,41,44H2,1-6H3,(H2,42,51)(H2,43,52)(H,45,55)(H,46,56)(H,47,57)(H,53,54)(H,58,59)/t22-,23-,24+,25-,26-,27-,28-,29-,36-/m0/s1. The van der Waals surface area contributed by atoms with Crippen LogP contribution < -0.4 is 38.9 Å². The number of carboxylic acids is 2. The highest BCUT2D eigenvalue weighted by atomic mass is 16.4. The van der Waals surface area contributed by atoms with Crippen molar-refractivity contribution in [3.05, 3.63) is 0 Å². The van der Waals surface area contributed by atoms with Gasteiger partial charge in [0.05, 0.1) is 36.5 Å². The molecular formula is C40H69N7O12. The zero-order valence-corrected chi connectivity index (χ0v) is 35.5. The second-order valence-electron chi connectivity index (χ2n) is 15.9. The van der Waals surface area contributed by atoms with Gasteiger partial charge in [-0.25, -0.2) is 0 Å². The molecule has 0 radical (unpaired) electrons. The third-order valence-corrected chi connectivity index (χ3v) is 10.9. The first kappa shape index (κ1) is 54.2. The van der Waals surface area contributed by atoms with Gasteiger partial charge in [-0.05, 0) is 50.0 Å². The molecular weight excluding hydrogens is 770 g/mol. The van der Waals surface area contributed by atoms with Crippen molar-refractivity contribution >= 4 is 58.8 Å². The summed E-state index contributed by atoms with van der Waals surface area (Å²) in [6.07, 6.45) is -1.69. The number of hydrogen-bond donors (Lipinski definition) is 9. The summed E-state index contributed by atoms with van der Waals surface area (Å²) in [6.45, 7) is 10.5. The van der Waals surface area contributed by atoms with Crippen molar-refractivity contribution in [2.24, 2.45) is 58.4 Å². The van der Waals surface area contributed by atoms with Gasteiger partial charge >= 0.3 is 11.9 Å². The average Bonchev–Trinajstić information content (AvgIpc) is 3.16. The maximum Gasteiger partial charge on any atom is 0.307 e. The van der Waals surface area contributed by atoms with E-state index in [9.17, 15) is 58.2 Å². The highest BCUT2D eigenvalue weighted by Crippen LogP contribution is 2.24. The first-order valence-corrected chi connectivity index (χ1v) is 20.5. The van der Waals surface area contributed by atoms with E-state index in [1.54, 1.807) is 41.5 Å².